The third-order valence-corrected chi connectivity index (χ3v) is 3.48. The van der Waals surface area contributed by atoms with Crippen molar-refractivity contribution in [3.05, 3.63) is 22.2 Å². The molecular weight excluding hydrogens is 318 g/mol. The normalized spacial score (nSPS) is 10.9. The first-order chi connectivity index (χ1) is 9.58. The van der Waals surface area contributed by atoms with Gasteiger partial charge in [-0.1, -0.05) is 20.8 Å². The number of hydrogen-bond donors (Lipinski definition) is 1. The van der Waals surface area contributed by atoms with Crippen LogP contribution in [-0.2, 0) is 6.54 Å². The third-order valence-electron chi connectivity index (χ3n) is 2.89. The summed E-state index contributed by atoms with van der Waals surface area (Å²) in [6.45, 7) is 11.6. The van der Waals surface area contributed by atoms with Gasteiger partial charge in [0, 0.05) is 6.54 Å². The van der Waals surface area contributed by atoms with Crippen molar-refractivity contribution < 1.29 is 9.47 Å². The summed E-state index contributed by atoms with van der Waals surface area (Å²) in [5.74, 6) is 2.27. The highest BCUT2D eigenvalue weighted by molar-refractivity contribution is 9.10. The first-order valence-corrected chi connectivity index (χ1v) is 8.16. The Morgan fingerprint density at radius 1 is 1.20 bits per heavy atom. The number of hydrogen-bond acceptors (Lipinski definition) is 3. The van der Waals surface area contributed by atoms with E-state index in [0.29, 0.717) is 19.1 Å². The summed E-state index contributed by atoms with van der Waals surface area (Å²) in [6.07, 6.45) is 1.04. The van der Waals surface area contributed by atoms with Crippen LogP contribution < -0.4 is 14.8 Å². The molecular formula is C16H26BrNO2. The van der Waals surface area contributed by atoms with Crippen molar-refractivity contribution in [2.24, 2.45) is 5.92 Å². The van der Waals surface area contributed by atoms with Gasteiger partial charge in [0.15, 0.2) is 11.5 Å². The van der Waals surface area contributed by atoms with Gasteiger partial charge in [-0.15, -0.1) is 0 Å². The highest BCUT2D eigenvalue weighted by Gasteiger charge is 2.12. The van der Waals surface area contributed by atoms with Gasteiger partial charge in [0.05, 0.1) is 17.7 Å². The number of nitrogens with one attached hydrogen (secondary N) is 1. The summed E-state index contributed by atoms with van der Waals surface area (Å²) in [6, 6.07) is 4.15. The van der Waals surface area contributed by atoms with Crippen LogP contribution in [0.5, 0.6) is 11.5 Å². The van der Waals surface area contributed by atoms with Crippen molar-refractivity contribution in [2.75, 3.05) is 19.8 Å². The summed E-state index contributed by atoms with van der Waals surface area (Å²) in [4.78, 5) is 0. The van der Waals surface area contributed by atoms with E-state index in [1.807, 2.05) is 6.92 Å². The molecule has 1 rings (SSSR count). The van der Waals surface area contributed by atoms with Crippen LogP contribution in [0.1, 0.15) is 39.7 Å². The van der Waals surface area contributed by atoms with Crippen molar-refractivity contribution in [1.82, 2.24) is 5.32 Å². The maximum atomic E-state index is 5.90. The molecule has 0 aliphatic heterocycles. The zero-order valence-electron chi connectivity index (χ0n) is 13.0. The van der Waals surface area contributed by atoms with E-state index < -0.39 is 0 Å². The first-order valence-electron chi connectivity index (χ1n) is 7.37. The summed E-state index contributed by atoms with van der Waals surface area (Å²) in [7, 11) is 0. The zero-order valence-corrected chi connectivity index (χ0v) is 14.5. The Hall–Kier alpha value is -0.740. The molecule has 114 valence electrons. The third kappa shape index (κ3) is 5.71. The van der Waals surface area contributed by atoms with Gasteiger partial charge in [-0.3, -0.25) is 0 Å². The molecule has 0 radical (unpaired) electrons. The fraction of sp³-hybridized carbons (Fsp3) is 0.625. The zero-order chi connectivity index (χ0) is 15.0. The van der Waals surface area contributed by atoms with E-state index in [1.165, 1.54) is 5.56 Å². The summed E-state index contributed by atoms with van der Waals surface area (Å²) >= 11 is 3.59. The van der Waals surface area contributed by atoms with Crippen LogP contribution in [0.2, 0.25) is 0 Å². The Balaban J connectivity index is 2.84. The van der Waals surface area contributed by atoms with Crippen LogP contribution in [0.3, 0.4) is 0 Å². The first kappa shape index (κ1) is 17.3. The topological polar surface area (TPSA) is 30.5 Å². The second kappa shape index (κ2) is 9.24. The molecule has 0 heterocycles. The molecule has 20 heavy (non-hydrogen) atoms. The van der Waals surface area contributed by atoms with Gasteiger partial charge >= 0.3 is 0 Å². The van der Waals surface area contributed by atoms with Crippen LogP contribution in [0.25, 0.3) is 0 Å². The molecule has 1 aromatic carbocycles. The van der Waals surface area contributed by atoms with Gasteiger partial charge in [-0.25, -0.2) is 0 Å². The SMILES string of the molecule is CCNCc1cc(Br)c(OCCC(C)C)c(OCC)c1. The molecule has 0 unspecified atom stereocenters. The Kier molecular flexibility index (Phi) is 8.00. The van der Waals surface area contributed by atoms with Crippen LogP contribution in [0.4, 0.5) is 0 Å². The van der Waals surface area contributed by atoms with E-state index in [4.69, 9.17) is 9.47 Å². The molecule has 1 aromatic rings. The Morgan fingerprint density at radius 3 is 2.55 bits per heavy atom. The average molecular weight is 344 g/mol. The lowest BCUT2D eigenvalue weighted by molar-refractivity contribution is 0.259. The Labute approximate surface area is 131 Å². The van der Waals surface area contributed by atoms with Gasteiger partial charge in [-0.2, -0.15) is 0 Å². The largest absolute Gasteiger partial charge is 0.490 e. The van der Waals surface area contributed by atoms with E-state index in [0.717, 1.165) is 35.5 Å². The molecule has 0 saturated heterocycles. The molecule has 0 aliphatic rings. The molecule has 3 nitrogen and oxygen atoms in total. The highest BCUT2D eigenvalue weighted by atomic mass is 79.9. The minimum atomic E-state index is 0.636. The van der Waals surface area contributed by atoms with Crippen molar-refractivity contribution in [2.45, 2.75) is 40.7 Å². The van der Waals surface area contributed by atoms with Gasteiger partial charge in [0.25, 0.3) is 0 Å². The molecule has 0 spiro atoms. The molecule has 0 fully saturated rings. The lowest BCUT2D eigenvalue weighted by Crippen LogP contribution is -2.12. The standard InChI is InChI=1S/C16H26BrNO2/c1-5-18-11-13-9-14(17)16(15(10-13)19-6-2)20-8-7-12(3)4/h9-10,12,18H,5-8,11H2,1-4H3. The minimum Gasteiger partial charge on any atom is -0.490 e. The molecule has 0 aliphatic carbocycles. The van der Waals surface area contributed by atoms with Crippen LogP contribution >= 0.6 is 15.9 Å². The van der Waals surface area contributed by atoms with Crippen molar-refractivity contribution in [1.29, 1.82) is 0 Å². The molecule has 4 heteroatoms. The summed E-state index contributed by atoms with van der Waals surface area (Å²) in [5, 5.41) is 3.32. The Morgan fingerprint density at radius 2 is 1.95 bits per heavy atom. The second-order valence-electron chi connectivity index (χ2n) is 5.15. The Bertz CT molecular complexity index is 408. The second-order valence-corrected chi connectivity index (χ2v) is 6.00. The van der Waals surface area contributed by atoms with E-state index in [2.05, 4.69) is 54.2 Å². The van der Waals surface area contributed by atoms with Gasteiger partial charge in [0.2, 0.25) is 0 Å². The molecule has 0 aromatic heterocycles. The fourth-order valence-corrected chi connectivity index (χ4v) is 2.40. The molecule has 0 bridgehead atoms. The maximum Gasteiger partial charge on any atom is 0.175 e. The van der Waals surface area contributed by atoms with Crippen LogP contribution in [0.15, 0.2) is 16.6 Å². The number of halogens is 1. The van der Waals surface area contributed by atoms with Crippen LogP contribution in [0, 0.1) is 5.92 Å². The van der Waals surface area contributed by atoms with E-state index in [-0.39, 0.29) is 0 Å². The van der Waals surface area contributed by atoms with Crippen molar-refractivity contribution >= 4 is 15.9 Å². The summed E-state index contributed by atoms with van der Waals surface area (Å²) < 4.78 is 12.6. The average Bonchev–Trinajstić information content (AvgIpc) is 2.39. The highest BCUT2D eigenvalue weighted by Crippen LogP contribution is 2.37. The fourth-order valence-electron chi connectivity index (χ4n) is 1.79. The molecule has 1 N–H and O–H groups in total. The molecule has 0 atom stereocenters. The van der Waals surface area contributed by atoms with Crippen molar-refractivity contribution in [3.8, 4) is 11.5 Å². The predicted molar refractivity (Wildman–Crippen MR) is 87.6 cm³/mol. The van der Waals surface area contributed by atoms with Crippen molar-refractivity contribution in [3.63, 3.8) is 0 Å². The van der Waals surface area contributed by atoms with Gasteiger partial charge < -0.3 is 14.8 Å². The maximum absolute atomic E-state index is 5.90. The van der Waals surface area contributed by atoms with E-state index >= 15 is 0 Å². The molecule has 0 amide bonds. The molecule has 0 saturated carbocycles. The lowest BCUT2D eigenvalue weighted by Gasteiger charge is -2.16. The quantitative estimate of drug-likeness (QED) is 0.721. The summed E-state index contributed by atoms with van der Waals surface area (Å²) in [5.41, 5.74) is 1.19. The monoisotopic (exact) mass is 343 g/mol. The smallest absolute Gasteiger partial charge is 0.175 e. The predicted octanol–water partition coefficient (Wildman–Crippen LogP) is 4.38. The van der Waals surface area contributed by atoms with E-state index in [9.17, 15) is 0 Å². The number of ether oxygens (including phenoxy) is 2. The van der Waals surface area contributed by atoms with Gasteiger partial charge in [0.1, 0.15) is 0 Å². The lowest BCUT2D eigenvalue weighted by atomic mass is 10.1. The number of benzene rings is 1. The minimum absolute atomic E-state index is 0.636. The van der Waals surface area contributed by atoms with Crippen LogP contribution in [-0.4, -0.2) is 19.8 Å². The van der Waals surface area contributed by atoms with E-state index in [1.54, 1.807) is 0 Å². The van der Waals surface area contributed by atoms with Gasteiger partial charge in [-0.05, 0) is 59.4 Å². The number of rotatable bonds is 9.